The molecule has 0 aromatic heterocycles. The number of ether oxygens (including phenoxy) is 1. The van der Waals surface area contributed by atoms with E-state index in [-0.39, 0.29) is 5.97 Å². The molecule has 74 valence electrons. The van der Waals surface area contributed by atoms with Crippen molar-refractivity contribution in [2.24, 2.45) is 0 Å². The molecule has 0 aliphatic heterocycles. The fraction of sp³-hybridized carbons (Fsp3) is 0.250. The Labute approximate surface area is 84.2 Å². The van der Waals surface area contributed by atoms with Crippen LogP contribution in [0.3, 0.4) is 0 Å². The van der Waals surface area contributed by atoms with Crippen LogP contribution in [0, 0.1) is 6.92 Å². The molecule has 0 heterocycles. The zero-order chi connectivity index (χ0) is 10.4. The number of carbonyl (C=O) groups is 1. The molecule has 0 amide bonds. The van der Waals surface area contributed by atoms with Crippen LogP contribution >= 0.6 is 0 Å². The van der Waals surface area contributed by atoms with Crippen molar-refractivity contribution in [3.63, 3.8) is 0 Å². The lowest BCUT2D eigenvalue weighted by molar-refractivity contribution is -0.134. The number of allylic oxidation sites excluding steroid dienone is 1. The Balaban J connectivity index is 2.49. The van der Waals surface area contributed by atoms with Gasteiger partial charge in [-0.05, 0) is 18.9 Å². The van der Waals surface area contributed by atoms with Crippen molar-refractivity contribution in [3.05, 3.63) is 47.5 Å². The smallest absolute Gasteiger partial charge is 0.330 e. The van der Waals surface area contributed by atoms with E-state index < -0.39 is 0 Å². The van der Waals surface area contributed by atoms with Gasteiger partial charge in [0.2, 0.25) is 0 Å². The highest BCUT2D eigenvalue weighted by Crippen LogP contribution is 2.04. The molecule has 0 saturated carbocycles. The fourth-order valence-electron chi connectivity index (χ4n) is 1.08. The summed E-state index contributed by atoms with van der Waals surface area (Å²) in [6.45, 7) is 2.05. The van der Waals surface area contributed by atoms with Gasteiger partial charge in [-0.1, -0.05) is 35.9 Å². The van der Waals surface area contributed by atoms with Gasteiger partial charge in [0.05, 0.1) is 7.11 Å². The van der Waals surface area contributed by atoms with Gasteiger partial charge in [-0.25, -0.2) is 4.79 Å². The van der Waals surface area contributed by atoms with Crippen LogP contribution in [-0.2, 0) is 16.0 Å². The maximum Gasteiger partial charge on any atom is 0.330 e. The van der Waals surface area contributed by atoms with E-state index in [1.807, 2.05) is 6.92 Å². The molecule has 0 aliphatic rings. The first-order valence-electron chi connectivity index (χ1n) is 4.52. The Kier molecular flexibility index (Phi) is 3.92. The third kappa shape index (κ3) is 3.44. The monoisotopic (exact) mass is 190 g/mol. The third-order valence-corrected chi connectivity index (χ3v) is 1.93. The lowest BCUT2D eigenvalue weighted by atomic mass is 10.1. The van der Waals surface area contributed by atoms with Crippen molar-refractivity contribution in [2.45, 2.75) is 13.3 Å². The van der Waals surface area contributed by atoms with Crippen LogP contribution in [-0.4, -0.2) is 13.1 Å². The van der Waals surface area contributed by atoms with Gasteiger partial charge in [-0.15, -0.1) is 0 Å². The SMILES string of the molecule is COC(=O)/C=C\Cc1ccc(C)cc1. The first kappa shape index (κ1) is 10.5. The number of benzene rings is 1. The molecular formula is C12H14O2. The predicted molar refractivity (Wildman–Crippen MR) is 56.0 cm³/mol. The minimum atomic E-state index is -0.308. The topological polar surface area (TPSA) is 26.3 Å². The highest BCUT2D eigenvalue weighted by Gasteiger charge is 1.91. The van der Waals surface area contributed by atoms with E-state index in [0.29, 0.717) is 0 Å². The van der Waals surface area contributed by atoms with E-state index in [0.717, 1.165) is 6.42 Å². The molecule has 0 N–H and O–H groups in total. The summed E-state index contributed by atoms with van der Waals surface area (Å²) < 4.78 is 4.48. The first-order chi connectivity index (χ1) is 6.72. The van der Waals surface area contributed by atoms with Gasteiger partial charge in [0.15, 0.2) is 0 Å². The number of aryl methyl sites for hydroxylation is 1. The Morgan fingerprint density at radius 2 is 2.00 bits per heavy atom. The molecule has 14 heavy (non-hydrogen) atoms. The van der Waals surface area contributed by atoms with Gasteiger partial charge < -0.3 is 4.74 Å². The van der Waals surface area contributed by atoms with Crippen LogP contribution in [0.2, 0.25) is 0 Å². The second-order valence-corrected chi connectivity index (χ2v) is 3.12. The van der Waals surface area contributed by atoms with Crippen molar-refractivity contribution in [3.8, 4) is 0 Å². The van der Waals surface area contributed by atoms with Crippen LogP contribution in [0.1, 0.15) is 11.1 Å². The van der Waals surface area contributed by atoms with Crippen LogP contribution in [0.15, 0.2) is 36.4 Å². The summed E-state index contributed by atoms with van der Waals surface area (Å²) in [6.07, 6.45) is 4.01. The van der Waals surface area contributed by atoms with Gasteiger partial charge >= 0.3 is 5.97 Å². The number of hydrogen-bond donors (Lipinski definition) is 0. The largest absolute Gasteiger partial charge is 0.466 e. The van der Waals surface area contributed by atoms with E-state index in [4.69, 9.17) is 0 Å². The van der Waals surface area contributed by atoms with Gasteiger partial charge in [-0.3, -0.25) is 0 Å². The molecule has 0 saturated heterocycles. The molecule has 0 spiro atoms. The van der Waals surface area contributed by atoms with Crippen molar-refractivity contribution in [1.29, 1.82) is 0 Å². The molecule has 0 fully saturated rings. The summed E-state index contributed by atoms with van der Waals surface area (Å²) >= 11 is 0. The maximum absolute atomic E-state index is 10.7. The van der Waals surface area contributed by atoms with Crippen molar-refractivity contribution in [1.82, 2.24) is 0 Å². The quantitative estimate of drug-likeness (QED) is 0.540. The lowest BCUT2D eigenvalue weighted by Crippen LogP contribution is -1.94. The second kappa shape index (κ2) is 5.22. The minimum Gasteiger partial charge on any atom is -0.466 e. The van der Waals surface area contributed by atoms with Crippen LogP contribution in [0.5, 0.6) is 0 Å². The number of carbonyl (C=O) groups excluding carboxylic acids is 1. The van der Waals surface area contributed by atoms with E-state index in [1.54, 1.807) is 6.08 Å². The lowest BCUT2D eigenvalue weighted by Gasteiger charge is -1.96. The zero-order valence-corrected chi connectivity index (χ0v) is 8.49. The predicted octanol–water partition coefficient (Wildman–Crippen LogP) is 2.27. The number of methoxy groups -OCH3 is 1. The molecule has 1 rings (SSSR count). The molecular weight excluding hydrogens is 176 g/mol. The summed E-state index contributed by atoms with van der Waals surface area (Å²) in [5.74, 6) is -0.308. The third-order valence-electron chi connectivity index (χ3n) is 1.93. The number of esters is 1. The standard InChI is InChI=1S/C12H14O2/c1-10-6-8-11(9-7-10)4-3-5-12(13)14-2/h3,5-9H,4H2,1-2H3/b5-3-. The minimum absolute atomic E-state index is 0.308. The van der Waals surface area contributed by atoms with E-state index in [2.05, 4.69) is 29.0 Å². The molecule has 2 nitrogen and oxygen atoms in total. The summed E-state index contributed by atoms with van der Waals surface area (Å²) in [5, 5.41) is 0. The molecule has 2 heteroatoms. The average Bonchev–Trinajstić information content (AvgIpc) is 2.21. The highest BCUT2D eigenvalue weighted by molar-refractivity contribution is 5.81. The molecule has 1 aromatic rings. The summed E-state index contributed by atoms with van der Waals surface area (Å²) in [6, 6.07) is 8.22. The first-order valence-corrected chi connectivity index (χ1v) is 4.52. The Bertz CT molecular complexity index is 323. The normalized spacial score (nSPS) is 10.4. The van der Waals surface area contributed by atoms with Gasteiger partial charge in [-0.2, -0.15) is 0 Å². The van der Waals surface area contributed by atoms with Crippen molar-refractivity contribution >= 4 is 5.97 Å². The fourth-order valence-corrected chi connectivity index (χ4v) is 1.08. The number of rotatable bonds is 3. The molecule has 0 bridgehead atoms. The molecule has 1 aromatic carbocycles. The summed E-state index contributed by atoms with van der Waals surface area (Å²) in [5.41, 5.74) is 2.43. The maximum atomic E-state index is 10.7. The van der Waals surface area contributed by atoms with Gasteiger partial charge in [0.1, 0.15) is 0 Å². The number of hydrogen-bond acceptors (Lipinski definition) is 2. The Hall–Kier alpha value is -1.57. The average molecular weight is 190 g/mol. The zero-order valence-electron chi connectivity index (χ0n) is 8.49. The van der Waals surface area contributed by atoms with Crippen molar-refractivity contribution in [2.75, 3.05) is 7.11 Å². The summed E-state index contributed by atoms with van der Waals surface area (Å²) in [7, 11) is 1.37. The van der Waals surface area contributed by atoms with E-state index >= 15 is 0 Å². The summed E-state index contributed by atoms with van der Waals surface area (Å²) in [4.78, 5) is 10.7. The van der Waals surface area contributed by atoms with E-state index in [1.165, 1.54) is 24.3 Å². The van der Waals surface area contributed by atoms with Gasteiger partial charge in [0, 0.05) is 6.08 Å². The van der Waals surface area contributed by atoms with E-state index in [9.17, 15) is 4.79 Å². The van der Waals surface area contributed by atoms with Gasteiger partial charge in [0.25, 0.3) is 0 Å². The molecule has 0 unspecified atom stereocenters. The highest BCUT2D eigenvalue weighted by atomic mass is 16.5. The Morgan fingerprint density at radius 1 is 1.36 bits per heavy atom. The van der Waals surface area contributed by atoms with Crippen LogP contribution in [0.25, 0.3) is 0 Å². The second-order valence-electron chi connectivity index (χ2n) is 3.12. The molecule has 0 radical (unpaired) electrons. The van der Waals surface area contributed by atoms with Crippen LogP contribution < -0.4 is 0 Å². The van der Waals surface area contributed by atoms with Crippen LogP contribution in [0.4, 0.5) is 0 Å². The molecule has 0 aliphatic carbocycles. The molecule has 0 atom stereocenters. The Morgan fingerprint density at radius 3 is 2.57 bits per heavy atom. The van der Waals surface area contributed by atoms with Crippen molar-refractivity contribution < 1.29 is 9.53 Å².